The Kier molecular flexibility index (Phi) is 9.77. The average molecular weight is 627 g/mol. The lowest BCUT2D eigenvalue weighted by molar-refractivity contribution is -0.384. The first-order valence-electron chi connectivity index (χ1n) is 12.8. The molecule has 4 rings (SSSR count). The van der Waals surface area contributed by atoms with E-state index in [1.807, 2.05) is 4.72 Å². The van der Waals surface area contributed by atoms with Crippen LogP contribution in [0.3, 0.4) is 0 Å². The van der Waals surface area contributed by atoms with Gasteiger partial charge in [0.25, 0.3) is 21.6 Å². The lowest BCUT2D eigenvalue weighted by atomic mass is 10.1. The third kappa shape index (κ3) is 8.17. The fraction of sp³-hybridized carbons (Fsp3) is 0.214. The van der Waals surface area contributed by atoms with Gasteiger partial charge in [-0.25, -0.2) is 17.9 Å². The van der Waals surface area contributed by atoms with Gasteiger partial charge in [0, 0.05) is 42.1 Å². The van der Waals surface area contributed by atoms with Crippen LogP contribution in [-0.2, 0) is 31.0 Å². The van der Waals surface area contributed by atoms with Gasteiger partial charge in [0.1, 0.15) is 12.6 Å². The van der Waals surface area contributed by atoms with E-state index >= 15 is 0 Å². The highest BCUT2D eigenvalue weighted by Crippen LogP contribution is 2.30. The topological polar surface area (TPSA) is 182 Å². The average Bonchev–Trinajstić information content (AvgIpc) is 3.40. The molecule has 1 aliphatic heterocycles. The first-order chi connectivity index (χ1) is 20.4. The summed E-state index contributed by atoms with van der Waals surface area (Å²) >= 11 is 0.997. The number of ether oxygens (including phenoxy) is 1. The molecule has 2 atom stereocenters. The Morgan fingerprint density at radius 2 is 1.72 bits per heavy atom. The number of sulfonamides is 1. The molecule has 0 radical (unpaired) electrons. The molecule has 224 valence electrons. The van der Waals surface area contributed by atoms with Crippen molar-refractivity contribution in [2.24, 2.45) is 0 Å². The maximum Gasteiger partial charge on any atom is 0.410 e. The van der Waals surface area contributed by atoms with Crippen LogP contribution >= 0.6 is 11.8 Å². The third-order valence-corrected chi connectivity index (χ3v) is 8.67. The van der Waals surface area contributed by atoms with Crippen molar-refractivity contribution in [3.05, 3.63) is 100 Å². The summed E-state index contributed by atoms with van der Waals surface area (Å²) in [6.07, 6.45) is -0.664. The van der Waals surface area contributed by atoms with Gasteiger partial charge >= 0.3 is 6.09 Å². The van der Waals surface area contributed by atoms with E-state index in [2.05, 4.69) is 5.32 Å². The molecular formula is C28H26N4O9S2. The minimum absolute atomic E-state index is 0.0342. The van der Waals surface area contributed by atoms with E-state index in [9.17, 15) is 37.7 Å². The van der Waals surface area contributed by atoms with Gasteiger partial charge in [-0.2, -0.15) is 0 Å². The minimum atomic E-state index is -4.13. The Labute approximate surface area is 250 Å². The standard InChI is InChI=1S/C28H26N4O9S2/c1-18(33)42-23-15-25(31(16-23)28(36)41-17-19-10-12-22(13-11-19)32(37)38)27(35)29-21-7-5-6-20(14-21)26(34)30-43(39,40)24-8-3-2-4-9-24/h2-14,23,25H,15-17H2,1H3,(H,29,35)(H,30,34)/t23-,25-/m0/s1. The molecule has 0 saturated carbocycles. The molecule has 0 unspecified atom stereocenters. The summed E-state index contributed by atoms with van der Waals surface area (Å²) in [6.45, 7) is 1.24. The van der Waals surface area contributed by atoms with Gasteiger partial charge in [-0.1, -0.05) is 36.0 Å². The van der Waals surface area contributed by atoms with Crippen LogP contribution in [-0.4, -0.2) is 59.1 Å². The summed E-state index contributed by atoms with van der Waals surface area (Å²) in [6, 6.07) is 17.4. The highest BCUT2D eigenvalue weighted by atomic mass is 32.2. The molecule has 0 aromatic heterocycles. The number of likely N-dealkylation sites (tertiary alicyclic amines) is 1. The second kappa shape index (κ2) is 13.5. The highest BCUT2D eigenvalue weighted by Gasteiger charge is 2.41. The number of nitro benzene ring substituents is 1. The number of nitrogens with one attached hydrogen (secondary N) is 2. The van der Waals surface area contributed by atoms with Crippen LogP contribution in [0.2, 0.25) is 0 Å². The molecule has 1 fully saturated rings. The maximum absolute atomic E-state index is 13.3. The van der Waals surface area contributed by atoms with E-state index < -0.39 is 38.9 Å². The van der Waals surface area contributed by atoms with Crippen LogP contribution in [0.4, 0.5) is 16.2 Å². The Morgan fingerprint density at radius 3 is 2.37 bits per heavy atom. The highest BCUT2D eigenvalue weighted by molar-refractivity contribution is 8.14. The van der Waals surface area contributed by atoms with Crippen LogP contribution in [0, 0.1) is 10.1 Å². The van der Waals surface area contributed by atoms with Crippen molar-refractivity contribution in [2.75, 3.05) is 11.9 Å². The Hall–Kier alpha value is -4.76. The molecule has 15 heteroatoms. The number of nitrogens with zero attached hydrogens (tertiary/aromatic N) is 2. The largest absolute Gasteiger partial charge is 0.445 e. The van der Waals surface area contributed by atoms with E-state index in [0.717, 1.165) is 11.8 Å². The molecule has 43 heavy (non-hydrogen) atoms. The molecule has 1 aliphatic rings. The van der Waals surface area contributed by atoms with Gasteiger partial charge in [0.15, 0.2) is 5.12 Å². The van der Waals surface area contributed by atoms with Crippen molar-refractivity contribution in [1.29, 1.82) is 0 Å². The summed E-state index contributed by atoms with van der Waals surface area (Å²) in [5, 5.41) is 12.9. The number of thioether (sulfide) groups is 1. The summed E-state index contributed by atoms with van der Waals surface area (Å²) < 4.78 is 32.4. The lowest BCUT2D eigenvalue weighted by Crippen LogP contribution is -2.43. The Bertz CT molecular complexity index is 1650. The monoisotopic (exact) mass is 626 g/mol. The predicted molar refractivity (Wildman–Crippen MR) is 157 cm³/mol. The first-order valence-corrected chi connectivity index (χ1v) is 15.2. The number of nitro groups is 1. The van der Waals surface area contributed by atoms with Gasteiger partial charge in [-0.3, -0.25) is 29.4 Å². The fourth-order valence-electron chi connectivity index (χ4n) is 4.31. The van der Waals surface area contributed by atoms with Crippen molar-refractivity contribution >= 4 is 56.2 Å². The Balaban J connectivity index is 1.44. The number of benzene rings is 3. The van der Waals surface area contributed by atoms with Crippen molar-refractivity contribution in [1.82, 2.24) is 9.62 Å². The first kappa shape index (κ1) is 31.2. The second-order valence-corrected chi connectivity index (χ2v) is 12.6. The van der Waals surface area contributed by atoms with E-state index in [1.165, 1.54) is 84.6 Å². The predicted octanol–water partition coefficient (Wildman–Crippen LogP) is 3.71. The van der Waals surface area contributed by atoms with E-state index in [-0.39, 0.29) is 51.8 Å². The zero-order valence-corrected chi connectivity index (χ0v) is 24.3. The number of amides is 3. The number of hydrogen-bond acceptors (Lipinski definition) is 10. The zero-order valence-electron chi connectivity index (χ0n) is 22.7. The smallest absolute Gasteiger partial charge is 0.410 e. The van der Waals surface area contributed by atoms with Crippen LogP contribution < -0.4 is 10.0 Å². The minimum Gasteiger partial charge on any atom is -0.445 e. The molecule has 0 aliphatic carbocycles. The number of carbonyl (C=O) groups excluding carboxylic acids is 4. The van der Waals surface area contributed by atoms with Crippen molar-refractivity contribution in [2.45, 2.75) is 36.1 Å². The van der Waals surface area contributed by atoms with Gasteiger partial charge in [-0.05, 0) is 54.4 Å². The van der Waals surface area contributed by atoms with E-state index in [4.69, 9.17) is 4.74 Å². The Morgan fingerprint density at radius 1 is 1.02 bits per heavy atom. The number of hydrogen-bond donors (Lipinski definition) is 2. The summed E-state index contributed by atoms with van der Waals surface area (Å²) in [5.74, 6) is -1.51. The summed E-state index contributed by atoms with van der Waals surface area (Å²) in [4.78, 5) is 62.2. The van der Waals surface area contributed by atoms with Crippen LogP contribution in [0.5, 0.6) is 0 Å². The maximum atomic E-state index is 13.3. The molecular weight excluding hydrogens is 600 g/mol. The van der Waals surface area contributed by atoms with Gasteiger partial charge in [-0.15, -0.1) is 0 Å². The molecule has 2 N–H and O–H groups in total. The number of carbonyl (C=O) groups is 4. The summed E-state index contributed by atoms with van der Waals surface area (Å²) in [5.41, 5.74) is 0.526. The van der Waals surface area contributed by atoms with Crippen LogP contribution in [0.1, 0.15) is 29.3 Å². The zero-order chi connectivity index (χ0) is 31.1. The SMILES string of the molecule is CC(=O)S[C@H]1C[C@@H](C(=O)Nc2cccc(C(=O)NS(=O)(=O)c3ccccc3)c2)N(C(=O)OCc2ccc([N+](=O)[O-])cc2)C1. The van der Waals surface area contributed by atoms with Crippen molar-refractivity contribution < 1.29 is 37.3 Å². The number of anilines is 1. The third-order valence-electron chi connectivity index (χ3n) is 6.31. The molecule has 3 aromatic carbocycles. The van der Waals surface area contributed by atoms with Crippen LogP contribution in [0.25, 0.3) is 0 Å². The number of rotatable bonds is 9. The van der Waals surface area contributed by atoms with E-state index in [0.29, 0.717) is 5.56 Å². The lowest BCUT2D eigenvalue weighted by Gasteiger charge is -2.23. The number of non-ortho nitro benzene ring substituents is 1. The van der Waals surface area contributed by atoms with E-state index in [1.54, 1.807) is 6.07 Å². The quantitative estimate of drug-likeness (QED) is 0.262. The van der Waals surface area contributed by atoms with Crippen molar-refractivity contribution in [3.8, 4) is 0 Å². The normalized spacial score (nSPS) is 16.3. The molecule has 1 heterocycles. The molecule has 1 saturated heterocycles. The second-order valence-electron chi connectivity index (χ2n) is 9.43. The van der Waals surface area contributed by atoms with Crippen molar-refractivity contribution in [3.63, 3.8) is 0 Å². The molecule has 3 aromatic rings. The fourth-order valence-corrected chi connectivity index (χ4v) is 6.29. The molecule has 3 amide bonds. The molecule has 0 bridgehead atoms. The molecule has 13 nitrogen and oxygen atoms in total. The van der Waals surface area contributed by atoms with Gasteiger partial charge in [0.05, 0.1) is 9.82 Å². The molecule has 0 spiro atoms. The van der Waals surface area contributed by atoms with Gasteiger partial charge in [0.2, 0.25) is 5.91 Å². The summed E-state index contributed by atoms with van der Waals surface area (Å²) in [7, 11) is -4.13. The van der Waals surface area contributed by atoms with Gasteiger partial charge < -0.3 is 10.1 Å². The van der Waals surface area contributed by atoms with Crippen LogP contribution in [0.15, 0.2) is 83.8 Å².